The Morgan fingerprint density at radius 1 is 1.45 bits per heavy atom. The van der Waals surface area contributed by atoms with Gasteiger partial charge in [-0.25, -0.2) is 0 Å². The van der Waals surface area contributed by atoms with Crippen molar-refractivity contribution in [1.82, 2.24) is 9.78 Å². The summed E-state index contributed by atoms with van der Waals surface area (Å²) in [7, 11) is 0. The normalized spacial score (nSPS) is 21.5. The zero-order chi connectivity index (χ0) is 16.1. The molecular weight excluding hydrogens is 284 g/mol. The summed E-state index contributed by atoms with van der Waals surface area (Å²) in [6.07, 6.45) is 6.24. The van der Waals surface area contributed by atoms with Crippen LogP contribution >= 0.6 is 0 Å². The van der Waals surface area contributed by atoms with Crippen LogP contribution in [0.25, 0.3) is 0 Å². The van der Waals surface area contributed by atoms with Crippen LogP contribution in [0.2, 0.25) is 0 Å². The van der Waals surface area contributed by atoms with Crippen LogP contribution in [0.1, 0.15) is 50.0 Å². The average Bonchev–Trinajstić information content (AvgIpc) is 2.89. The van der Waals surface area contributed by atoms with Crippen molar-refractivity contribution < 1.29 is 14.3 Å². The fourth-order valence-electron chi connectivity index (χ4n) is 2.76. The number of nitrogens with one attached hydrogen (secondary N) is 1. The Kier molecular flexibility index (Phi) is 5.54. The molecule has 7 nitrogen and oxygen atoms in total. The third-order valence-corrected chi connectivity index (χ3v) is 4.05. The molecule has 3 N–H and O–H groups in total. The lowest BCUT2D eigenvalue weighted by Crippen LogP contribution is -2.30. The van der Waals surface area contributed by atoms with Crippen LogP contribution in [0.4, 0.5) is 5.69 Å². The zero-order valence-electron chi connectivity index (χ0n) is 13.2. The second-order valence-electron chi connectivity index (χ2n) is 5.77. The molecule has 0 aliphatic heterocycles. The minimum Gasteiger partial charge on any atom is -0.368 e. The Morgan fingerprint density at radius 2 is 2.18 bits per heavy atom. The Morgan fingerprint density at radius 3 is 2.82 bits per heavy atom. The fraction of sp³-hybridized carbons (Fsp3) is 0.667. The number of rotatable bonds is 6. The number of nitrogens with zero attached hydrogens (tertiary/aromatic N) is 2. The first kappa shape index (κ1) is 16.5. The van der Waals surface area contributed by atoms with Crippen LogP contribution in [0.15, 0.2) is 6.20 Å². The highest BCUT2D eigenvalue weighted by atomic mass is 16.5. The minimum atomic E-state index is -0.663. The molecule has 0 bridgehead atoms. The van der Waals surface area contributed by atoms with Gasteiger partial charge in [-0.1, -0.05) is 19.8 Å². The van der Waals surface area contributed by atoms with Gasteiger partial charge in [0.15, 0.2) is 5.69 Å². The quantitative estimate of drug-likeness (QED) is 0.832. The van der Waals surface area contributed by atoms with Gasteiger partial charge in [0.25, 0.3) is 5.91 Å². The molecule has 1 saturated carbocycles. The molecule has 2 unspecified atom stereocenters. The number of anilines is 1. The zero-order valence-corrected chi connectivity index (χ0v) is 13.2. The highest BCUT2D eigenvalue weighted by molar-refractivity contribution is 6.01. The fourth-order valence-corrected chi connectivity index (χ4v) is 2.76. The number of carbonyl (C=O) groups excluding carboxylic acids is 2. The van der Waals surface area contributed by atoms with Crippen molar-refractivity contribution in [2.45, 2.75) is 52.2 Å². The molecule has 22 heavy (non-hydrogen) atoms. The van der Waals surface area contributed by atoms with E-state index in [-0.39, 0.29) is 24.3 Å². The molecule has 1 fully saturated rings. The van der Waals surface area contributed by atoms with Crippen LogP contribution in [-0.4, -0.2) is 34.3 Å². The van der Waals surface area contributed by atoms with E-state index in [0.29, 0.717) is 18.2 Å². The average molecular weight is 308 g/mol. The SMILES string of the molecule is CCn1cc(NC(=O)COC2CCCCC2C)c(C(N)=O)n1. The predicted octanol–water partition coefficient (Wildman–Crippen LogP) is 1.54. The summed E-state index contributed by atoms with van der Waals surface area (Å²) >= 11 is 0. The van der Waals surface area contributed by atoms with Crippen molar-refractivity contribution >= 4 is 17.5 Å². The highest BCUT2D eigenvalue weighted by Gasteiger charge is 2.23. The number of primary amides is 1. The summed E-state index contributed by atoms with van der Waals surface area (Å²) in [6, 6.07) is 0. The molecule has 1 aromatic heterocycles. The summed E-state index contributed by atoms with van der Waals surface area (Å²) < 4.78 is 7.26. The Bertz CT molecular complexity index is 541. The third kappa shape index (κ3) is 4.07. The lowest BCUT2D eigenvalue weighted by Gasteiger charge is -2.28. The number of ether oxygens (including phenoxy) is 1. The first-order valence-electron chi connectivity index (χ1n) is 7.80. The second-order valence-corrected chi connectivity index (χ2v) is 5.77. The van der Waals surface area contributed by atoms with E-state index in [1.165, 1.54) is 6.42 Å². The second kappa shape index (κ2) is 7.40. The Balaban J connectivity index is 1.91. The third-order valence-electron chi connectivity index (χ3n) is 4.05. The van der Waals surface area contributed by atoms with Crippen molar-refractivity contribution in [3.63, 3.8) is 0 Å². The monoisotopic (exact) mass is 308 g/mol. The van der Waals surface area contributed by atoms with Crippen molar-refractivity contribution in [2.24, 2.45) is 11.7 Å². The number of hydrogen-bond acceptors (Lipinski definition) is 4. The first-order chi connectivity index (χ1) is 10.5. The van der Waals surface area contributed by atoms with Crippen LogP contribution in [0.3, 0.4) is 0 Å². The molecule has 2 amide bonds. The molecule has 1 aliphatic rings. The van der Waals surface area contributed by atoms with Crippen molar-refractivity contribution in [3.8, 4) is 0 Å². The molecule has 0 aromatic carbocycles. The summed E-state index contributed by atoms with van der Waals surface area (Å²) in [5.74, 6) is -0.481. The number of aromatic nitrogens is 2. The molecule has 0 saturated heterocycles. The summed E-state index contributed by atoms with van der Waals surface area (Å²) in [4.78, 5) is 23.4. The highest BCUT2D eigenvalue weighted by Crippen LogP contribution is 2.26. The van der Waals surface area contributed by atoms with Crippen LogP contribution < -0.4 is 11.1 Å². The van der Waals surface area contributed by atoms with Crippen molar-refractivity contribution in [2.75, 3.05) is 11.9 Å². The van der Waals surface area contributed by atoms with Gasteiger partial charge in [-0.05, 0) is 25.7 Å². The minimum absolute atomic E-state index is 0.0233. The Labute approximate surface area is 130 Å². The molecule has 1 aromatic rings. The van der Waals surface area contributed by atoms with E-state index >= 15 is 0 Å². The summed E-state index contributed by atoms with van der Waals surface area (Å²) in [5, 5.41) is 6.68. The van der Waals surface area contributed by atoms with E-state index < -0.39 is 5.91 Å². The molecule has 1 heterocycles. The molecule has 122 valence electrons. The van der Waals surface area contributed by atoms with E-state index in [1.807, 2.05) is 6.92 Å². The largest absolute Gasteiger partial charge is 0.368 e. The maximum absolute atomic E-state index is 12.0. The molecular formula is C15H24N4O3. The van der Waals surface area contributed by atoms with E-state index in [9.17, 15) is 9.59 Å². The van der Waals surface area contributed by atoms with E-state index in [4.69, 9.17) is 10.5 Å². The van der Waals surface area contributed by atoms with Gasteiger partial charge in [0, 0.05) is 12.7 Å². The van der Waals surface area contributed by atoms with Crippen molar-refractivity contribution in [1.29, 1.82) is 0 Å². The van der Waals surface area contributed by atoms with Gasteiger partial charge in [-0.2, -0.15) is 5.10 Å². The smallest absolute Gasteiger partial charge is 0.271 e. The predicted molar refractivity (Wildman–Crippen MR) is 82.4 cm³/mol. The number of aryl methyl sites for hydroxylation is 1. The van der Waals surface area contributed by atoms with Gasteiger partial charge >= 0.3 is 0 Å². The molecule has 7 heteroatoms. The molecule has 2 rings (SSSR count). The van der Waals surface area contributed by atoms with Crippen molar-refractivity contribution in [3.05, 3.63) is 11.9 Å². The lowest BCUT2D eigenvalue weighted by atomic mass is 9.88. The maximum atomic E-state index is 12.0. The molecule has 1 aliphatic carbocycles. The maximum Gasteiger partial charge on any atom is 0.271 e. The van der Waals surface area contributed by atoms with Crippen LogP contribution in [0, 0.1) is 5.92 Å². The molecule has 0 spiro atoms. The summed E-state index contributed by atoms with van der Waals surface area (Å²) in [6.45, 7) is 4.60. The Hall–Kier alpha value is -1.89. The van der Waals surface area contributed by atoms with E-state index in [0.717, 1.165) is 19.3 Å². The topological polar surface area (TPSA) is 99.2 Å². The van der Waals surface area contributed by atoms with Crippen LogP contribution in [0.5, 0.6) is 0 Å². The lowest BCUT2D eigenvalue weighted by molar-refractivity contribution is -0.124. The van der Waals surface area contributed by atoms with Gasteiger partial charge in [0.05, 0.1) is 11.8 Å². The molecule has 2 atom stereocenters. The number of amides is 2. The van der Waals surface area contributed by atoms with Gasteiger partial charge in [0.1, 0.15) is 6.61 Å². The van der Waals surface area contributed by atoms with Crippen LogP contribution in [-0.2, 0) is 16.1 Å². The van der Waals surface area contributed by atoms with Gasteiger partial charge < -0.3 is 15.8 Å². The standard InChI is InChI=1S/C15H24N4O3/c1-3-19-8-11(14(18-19)15(16)21)17-13(20)9-22-12-7-5-4-6-10(12)2/h8,10,12H,3-7,9H2,1-2H3,(H2,16,21)(H,17,20). The summed E-state index contributed by atoms with van der Waals surface area (Å²) in [5.41, 5.74) is 5.67. The van der Waals surface area contributed by atoms with E-state index in [2.05, 4.69) is 17.3 Å². The van der Waals surface area contributed by atoms with Gasteiger partial charge in [0.2, 0.25) is 5.91 Å². The first-order valence-corrected chi connectivity index (χ1v) is 7.80. The number of nitrogens with two attached hydrogens (primary N) is 1. The number of carbonyl (C=O) groups is 2. The number of hydrogen-bond donors (Lipinski definition) is 2. The van der Waals surface area contributed by atoms with Gasteiger partial charge in [-0.15, -0.1) is 0 Å². The van der Waals surface area contributed by atoms with Gasteiger partial charge in [-0.3, -0.25) is 14.3 Å². The molecule has 0 radical (unpaired) electrons. The van der Waals surface area contributed by atoms with E-state index in [1.54, 1.807) is 10.9 Å².